The highest BCUT2D eigenvalue weighted by molar-refractivity contribution is 5.67. The zero-order valence-corrected chi connectivity index (χ0v) is 17.8. The van der Waals surface area contributed by atoms with E-state index in [-0.39, 0.29) is 12.5 Å². The summed E-state index contributed by atoms with van der Waals surface area (Å²) < 4.78 is 7.38. The lowest BCUT2D eigenvalue weighted by Gasteiger charge is -2.28. The molecule has 1 saturated carbocycles. The normalized spacial score (nSPS) is 18.9. The number of hydrogen-bond donors (Lipinski definition) is 1. The summed E-state index contributed by atoms with van der Waals surface area (Å²) in [5, 5.41) is 13.4. The fourth-order valence-corrected chi connectivity index (χ4v) is 4.65. The molecule has 1 heterocycles. The summed E-state index contributed by atoms with van der Waals surface area (Å²) in [7, 11) is 0. The topological polar surface area (TPSA) is 64.3 Å². The fourth-order valence-electron chi connectivity index (χ4n) is 4.65. The van der Waals surface area contributed by atoms with E-state index in [2.05, 4.69) is 71.5 Å². The molecule has 5 heteroatoms. The zero-order chi connectivity index (χ0) is 21.5. The molecule has 4 rings (SSSR count). The summed E-state index contributed by atoms with van der Waals surface area (Å²) >= 11 is 0. The van der Waals surface area contributed by atoms with Crippen LogP contribution in [0.25, 0.3) is 0 Å². The number of carboxylic acid groups (broad SMARTS) is 1. The summed E-state index contributed by atoms with van der Waals surface area (Å²) in [6.07, 6.45) is 8.67. The third kappa shape index (κ3) is 5.82. The molecule has 0 radical (unpaired) electrons. The lowest BCUT2D eigenvalue weighted by atomic mass is 9.82. The van der Waals surface area contributed by atoms with Crippen LogP contribution in [0.4, 0.5) is 0 Å². The number of rotatable bonds is 9. The largest absolute Gasteiger partial charge is 0.480 e. The fraction of sp³-hybridized carbons (Fsp3) is 0.385. The molecular formula is C26H30N2O3. The number of nitrogens with zero attached hydrogens (tertiary/aromatic N) is 2. The van der Waals surface area contributed by atoms with E-state index in [9.17, 15) is 4.79 Å². The maximum Gasteiger partial charge on any atom is 0.329 e. The second-order valence-corrected chi connectivity index (χ2v) is 8.55. The molecule has 1 aliphatic carbocycles. The van der Waals surface area contributed by atoms with Gasteiger partial charge in [0.25, 0.3) is 0 Å². The monoisotopic (exact) mass is 418 g/mol. The lowest BCUT2D eigenvalue weighted by molar-refractivity contribution is -0.142. The van der Waals surface area contributed by atoms with Gasteiger partial charge >= 0.3 is 5.97 Å². The predicted octanol–water partition coefficient (Wildman–Crippen LogP) is 4.97. The Labute approximate surface area is 183 Å². The molecule has 1 fully saturated rings. The van der Waals surface area contributed by atoms with Crippen molar-refractivity contribution >= 4 is 5.97 Å². The molecule has 0 bridgehead atoms. The third-order valence-corrected chi connectivity index (χ3v) is 6.24. The Kier molecular flexibility index (Phi) is 7.15. The van der Waals surface area contributed by atoms with E-state index >= 15 is 0 Å². The Hall–Kier alpha value is -2.92. The Morgan fingerprint density at radius 2 is 1.52 bits per heavy atom. The van der Waals surface area contributed by atoms with E-state index in [1.54, 1.807) is 0 Å². The van der Waals surface area contributed by atoms with Crippen LogP contribution in [0.3, 0.4) is 0 Å². The van der Waals surface area contributed by atoms with Crippen molar-refractivity contribution in [3.63, 3.8) is 0 Å². The molecule has 5 nitrogen and oxygen atoms in total. The Morgan fingerprint density at radius 1 is 0.935 bits per heavy atom. The number of aliphatic carboxylic acids is 1. The first kappa shape index (κ1) is 21.3. The van der Waals surface area contributed by atoms with Crippen molar-refractivity contribution in [1.82, 2.24) is 9.78 Å². The van der Waals surface area contributed by atoms with Gasteiger partial charge in [0, 0.05) is 24.2 Å². The number of ether oxygens (including phenoxy) is 1. The summed E-state index contributed by atoms with van der Waals surface area (Å²) in [5.41, 5.74) is 3.76. The van der Waals surface area contributed by atoms with Gasteiger partial charge in [-0.2, -0.15) is 5.10 Å². The maximum absolute atomic E-state index is 10.6. The van der Waals surface area contributed by atoms with Crippen LogP contribution in [0.5, 0.6) is 0 Å². The molecule has 2 aromatic carbocycles. The quantitative estimate of drug-likeness (QED) is 0.533. The van der Waals surface area contributed by atoms with E-state index in [4.69, 9.17) is 14.9 Å². The van der Waals surface area contributed by atoms with Crippen LogP contribution in [-0.4, -0.2) is 34.1 Å². The summed E-state index contributed by atoms with van der Waals surface area (Å²) in [6.45, 7) is 1.29. The Balaban J connectivity index is 1.39. The van der Waals surface area contributed by atoms with Gasteiger partial charge in [-0.3, -0.25) is 4.68 Å². The molecular weight excluding hydrogens is 388 g/mol. The molecule has 0 aliphatic heterocycles. The molecule has 0 saturated heterocycles. The van der Waals surface area contributed by atoms with Gasteiger partial charge in [-0.25, -0.2) is 4.79 Å². The van der Waals surface area contributed by atoms with Gasteiger partial charge in [0.1, 0.15) is 6.61 Å². The van der Waals surface area contributed by atoms with Crippen molar-refractivity contribution in [3.05, 3.63) is 89.7 Å². The number of hydrogen-bond acceptors (Lipinski definition) is 3. The van der Waals surface area contributed by atoms with Gasteiger partial charge in [-0.1, -0.05) is 60.7 Å². The van der Waals surface area contributed by atoms with Crippen molar-refractivity contribution in [1.29, 1.82) is 0 Å². The molecule has 0 spiro atoms. The van der Waals surface area contributed by atoms with E-state index in [0.29, 0.717) is 18.4 Å². The molecule has 162 valence electrons. The first-order chi connectivity index (χ1) is 15.2. The summed E-state index contributed by atoms with van der Waals surface area (Å²) in [4.78, 5) is 10.6. The van der Waals surface area contributed by atoms with Gasteiger partial charge in [0.15, 0.2) is 0 Å². The molecule has 1 aliphatic rings. The molecule has 0 amide bonds. The summed E-state index contributed by atoms with van der Waals surface area (Å²) in [6, 6.07) is 21.2. The van der Waals surface area contributed by atoms with Crippen molar-refractivity contribution in [2.45, 2.75) is 38.1 Å². The molecule has 0 atom stereocenters. The first-order valence-electron chi connectivity index (χ1n) is 11.1. The molecule has 31 heavy (non-hydrogen) atoms. The summed E-state index contributed by atoms with van der Waals surface area (Å²) in [5.74, 6) is 0.366. The predicted molar refractivity (Wildman–Crippen MR) is 120 cm³/mol. The lowest BCUT2D eigenvalue weighted by Crippen LogP contribution is -2.23. The second-order valence-electron chi connectivity index (χ2n) is 8.55. The molecule has 3 aromatic rings. The highest BCUT2D eigenvalue weighted by Gasteiger charge is 2.23. The van der Waals surface area contributed by atoms with Crippen molar-refractivity contribution in [2.24, 2.45) is 11.8 Å². The average molecular weight is 419 g/mol. The highest BCUT2D eigenvalue weighted by Crippen LogP contribution is 2.33. The average Bonchev–Trinajstić information content (AvgIpc) is 3.24. The van der Waals surface area contributed by atoms with Crippen LogP contribution >= 0.6 is 0 Å². The van der Waals surface area contributed by atoms with E-state index < -0.39 is 5.97 Å². The standard InChI is InChI=1S/C26H30N2O3/c29-25(30)19-31-18-21-13-11-20(12-14-21)16-28-17-24(15-27-28)26(22-7-3-1-4-8-22)23-9-5-2-6-10-23/h1-10,15,17,20-21,26H,11-14,16,18-19H2,(H,29,30)/t20-,21+. The number of carbonyl (C=O) groups is 1. The van der Waals surface area contributed by atoms with Crippen LogP contribution in [-0.2, 0) is 16.1 Å². The first-order valence-corrected chi connectivity index (χ1v) is 11.1. The van der Waals surface area contributed by atoms with Crippen LogP contribution in [0, 0.1) is 11.8 Å². The van der Waals surface area contributed by atoms with E-state index in [0.717, 1.165) is 32.2 Å². The van der Waals surface area contributed by atoms with Crippen LogP contribution in [0.1, 0.15) is 48.3 Å². The van der Waals surface area contributed by atoms with Crippen molar-refractivity contribution in [2.75, 3.05) is 13.2 Å². The minimum absolute atomic E-state index is 0.179. The van der Waals surface area contributed by atoms with Gasteiger partial charge < -0.3 is 9.84 Å². The van der Waals surface area contributed by atoms with Gasteiger partial charge in [0.05, 0.1) is 12.8 Å². The SMILES string of the molecule is O=C(O)COC[C@H]1CC[C@@H](Cn2cc(C(c3ccccc3)c3ccccc3)cn2)CC1. The molecule has 1 N–H and O–H groups in total. The van der Waals surface area contributed by atoms with Crippen molar-refractivity contribution in [3.8, 4) is 0 Å². The Bertz CT molecular complexity index is 908. The van der Waals surface area contributed by atoms with Crippen LogP contribution in [0.2, 0.25) is 0 Å². The minimum atomic E-state index is -0.896. The number of benzene rings is 2. The maximum atomic E-state index is 10.6. The van der Waals surface area contributed by atoms with E-state index in [1.807, 2.05) is 6.20 Å². The number of carboxylic acids is 1. The van der Waals surface area contributed by atoms with E-state index in [1.165, 1.54) is 16.7 Å². The van der Waals surface area contributed by atoms with Crippen LogP contribution < -0.4 is 0 Å². The minimum Gasteiger partial charge on any atom is -0.480 e. The van der Waals surface area contributed by atoms with Crippen molar-refractivity contribution < 1.29 is 14.6 Å². The number of aromatic nitrogens is 2. The molecule has 0 unspecified atom stereocenters. The second kappa shape index (κ2) is 10.4. The third-order valence-electron chi connectivity index (χ3n) is 6.24. The smallest absolute Gasteiger partial charge is 0.329 e. The van der Waals surface area contributed by atoms with Gasteiger partial charge in [-0.15, -0.1) is 0 Å². The highest BCUT2D eigenvalue weighted by atomic mass is 16.5. The van der Waals surface area contributed by atoms with Crippen LogP contribution in [0.15, 0.2) is 73.1 Å². The van der Waals surface area contributed by atoms with Gasteiger partial charge in [0.2, 0.25) is 0 Å². The Morgan fingerprint density at radius 3 is 2.10 bits per heavy atom. The molecule has 1 aromatic heterocycles. The van der Waals surface area contributed by atoms with Gasteiger partial charge in [-0.05, 0) is 48.6 Å². The zero-order valence-electron chi connectivity index (χ0n) is 17.8.